The first-order chi connectivity index (χ1) is 7.47. The summed E-state index contributed by atoms with van der Waals surface area (Å²) in [6.07, 6.45) is 0. The van der Waals surface area contributed by atoms with Crippen LogP contribution < -0.4 is 9.80 Å². The second-order valence-electron chi connectivity index (χ2n) is 3.98. The van der Waals surface area contributed by atoms with Crippen LogP contribution in [0.25, 0.3) is 0 Å². The number of esters is 1. The highest BCUT2D eigenvalue weighted by Gasteiger charge is 2.14. The molecule has 1 aromatic carbocycles. The van der Waals surface area contributed by atoms with Crippen LogP contribution in [0.3, 0.4) is 0 Å². The number of nitrogens with zero attached hydrogens (tertiary/aromatic N) is 2. The first kappa shape index (κ1) is 12.4. The van der Waals surface area contributed by atoms with E-state index >= 15 is 0 Å². The lowest BCUT2D eigenvalue weighted by molar-refractivity contribution is 0.0601. The Morgan fingerprint density at radius 3 is 2.19 bits per heavy atom. The Morgan fingerprint density at radius 1 is 1.12 bits per heavy atom. The Morgan fingerprint density at radius 2 is 1.75 bits per heavy atom. The van der Waals surface area contributed by atoms with Gasteiger partial charge >= 0.3 is 5.97 Å². The molecular formula is C12H18N2O2. The highest BCUT2D eigenvalue weighted by Crippen LogP contribution is 2.24. The van der Waals surface area contributed by atoms with Crippen LogP contribution in [0, 0.1) is 0 Å². The summed E-state index contributed by atoms with van der Waals surface area (Å²) in [5.41, 5.74) is 2.42. The van der Waals surface area contributed by atoms with E-state index in [2.05, 4.69) is 0 Å². The maximum absolute atomic E-state index is 11.6. The molecule has 0 spiro atoms. The fraction of sp³-hybridized carbons (Fsp3) is 0.417. The highest BCUT2D eigenvalue weighted by molar-refractivity contribution is 5.97. The fourth-order valence-corrected chi connectivity index (χ4v) is 1.47. The van der Waals surface area contributed by atoms with Gasteiger partial charge < -0.3 is 14.5 Å². The van der Waals surface area contributed by atoms with Gasteiger partial charge in [-0.15, -0.1) is 0 Å². The van der Waals surface area contributed by atoms with Crippen LogP contribution in [0.2, 0.25) is 0 Å². The van der Waals surface area contributed by atoms with E-state index in [9.17, 15) is 4.79 Å². The Bertz CT molecular complexity index is 387. The van der Waals surface area contributed by atoms with Crippen molar-refractivity contribution < 1.29 is 9.53 Å². The molecule has 0 fully saturated rings. The molecule has 1 rings (SSSR count). The van der Waals surface area contributed by atoms with E-state index in [1.54, 1.807) is 0 Å². The quantitative estimate of drug-likeness (QED) is 0.727. The lowest BCUT2D eigenvalue weighted by Crippen LogP contribution is -2.16. The Hall–Kier alpha value is -1.71. The van der Waals surface area contributed by atoms with Gasteiger partial charge in [0.2, 0.25) is 0 Å². The van der Waals surface area contributed by atoms with Gasteiger partial charge in [0, 0.05) is 33.9 Å². The largest absolute Gasteiger partial charge is 0.465 e. The lowest BCUT2D eigenvalue weighted by atomic mass is 10.1. The summed E-state index contributed by atoms with van der Waals surface area (Å²) in [6.45, 7) is 0. The molecule has 0 N–H and O–H groups in total. The zero-order valence-electron chi connectivity index (χ0n) is 10.4. The van der Waals surface area contributed by atoms with Crippen LogP contribution in [0.5, 0.6) is 0 Å². The van der Waals surface area contributed by atoms with Gasteiger partial charge in [-0.3, -0.25) is 0 Å². The molecule has 0 amide bonds. The van der Waals surface area contributed by atoms with Crippen molar-refractivity contribution in [2.24, 2.45) is 0 Å². The number of hydrogen-bond acceptors (Lipinski definition) is 4. The van der Waals surface area contributed by atoms with Gasteiger partial charge in [-0.1, -0.05) is 0 Å². The topological polar surface area (TPSA) is 32.8 Å². The van der Waals surface area contributed by atoms with Crippen LogP contribution in [-0.2, 0) is 4.74 Å². The molecule has 0 aliphatic rings. The molecule has 0 unspecified atom stereocenters. The number of benzene rings is 1. The average molecular weight is 222 g/mol. The van der Waals surface area contributed by atoms with E-state index in [1.807, 2.05) is 56.2 Å². The molecule has 0 radical (unpaired) electrons. The highest BCUT2D eigenvalue weighted by atomic mass is 16.5. The summed E-state index contributed by atoms with van der Waals surface area (Å²) in [6, 6.07) is 5.73. The van der Waals surface area contributed by atoms with Crippen molar-refractivity contribution in [2.75, 3.05) is 45.1 Å². The fourth-order valence-electron chi connectivity index (χ4n) is 1.47. The minimum atomic E-state index is -0.313. The number of carbonyl (C=O) groups excluding carboxylic acids is 1. The van der Waals surface area contributed by atoms with Gasteiger partial charge in [-0.05, 0) is 18.2 Å². The van der Waals surface area contributed by atoms with Crippen LogP contribution in [-0.4, -0.2) is 41.3 Å². The molecule has 0 heterocycles. The molecule has 0 aliphatic heterocycles. The number of anilines is 2. The molecule has 88 valence electrons. The normalized spacial score (nSPS) is 9.81. The van der Waals surface area contributed by atoms with Crippen molar-refractivity contribution in [3.05, 3.63) is 23.8 Å². The van der Waals surface area contributed by atoms with E-state index < -0.39 is 0 Å². The SMILES string of the molecule is COC(=O)c1cc(N(C)C)ccc1N(C)C. The van der Waals surface area contributed by atoms with E-state index in [0.717, 1.165) is 11.4 Å². The summed E-state index contributed by atoms with van der Waals surface area (Å²) in [7, 11) is 9.07. The first-order valence-electron chi connectivity index (χ1n) is 5.04. The second-order valence-corrected chi connectivity index (χ2v) is 3.98. The maximum Gasteiger partial charge on any atom is 0.340 e. The Kier molecular flexibility index (Phi) is 3.77. The van der Waals surface area contributed by atoms with Crippen LogP contribution >= 0.6 is 0 Å². The van der Waals surface area contributed by atoms with E-state index in [0.29, 0.717) is 5.56 Å². The summed E-state index contributed by atoms with van der Waals surface area (Å²) < 4.78 is 4.78. The van der Waals surface area contributed by atoms with Crippen LogP contribution in [0.1, 0.15) is 10.4 Å². The standard InChI is InChI=1S/C12H18N2O2/c1-13(2)9-6-7-11(14(3)4)10(8-9)12(15)16-5/h6-8H,1-5H3. The molecular weight excluding hydrogens is 204 g/mol. The molecule has 4 heteroatoms. The average Bonchev–Trinajstić information content (AvgIpc) is 2.26. The maximum atomic E-state index is 11.6. The smallest absolute Gasteiger partial charge is 0.340 e. The van der Waals surface area contributed by atoms with Crippen molar-refractivity contribution >= 4 is 17.3 Å². The Balaban J connectivity index is 3.26. The molecule has 0 aromatic heterocycles. The van der Waals surface area contributed by atoms with Crippen molar-refractivity contribution in [3.63, 3.8) is 0 Å². The van der Waals surface area contributed by atoms with Crippen molar-refractivity contribution in [1.29, 1.82) is 0 Å². The third kappa shape index (κ3) is 2.45. The molecule has 1 aromatic rings. The lowest BCUT2D eigenvalue weighted by Gasteiger charge is -2.19. The molecule has 0 aliphatic carbocycles. The molecule has 0 atom stereocenters. The number of rotatable bonds is 3. The molecule has 0 saturated heterocycles. The van der Waals surface area contributed by atoms with Crippen molar-refractivity contribution in [2.45, 2.75) is 0 Å². The number of hydrogen-bond donors (Lipinski definition) is 0. The minimum absolute atomic E-state index is 0.313. The second kappa shape index (κ2) is 4.88. The van der Waals surface area contributed by atoms with Gasteiger partial charge in [0.25, 0.3) is 0 Å². The summed E-state index contributed by atoms with van der Waals surface area (Å²) >= 11 is 0. The van der Waals surface area contributed by atoms with Gasteiger partial charge in [0.1, 0.15) is 0 Å². The van der Waals surface area contributed by atoms with Gasteiger partial charge in [0.05, 0.1) is 18.4 Å². The summed E-state index contributed by atoms with van der Waals surface area (Å²) in [5, 5.41) is 0. The minimum Gasteiger partial charge on any atom is -0.465 e. The van der Waals surface area contributed by atoms with Gasteiger partial charge in [-0.2, -0.15) is 0 Å². The predicted molar refractivity (Wildman–Crippen MR) is 66.4 cm³/mol. The van der Waals surface area contributed by atoms with E-state index in [-0.39, 0.29) is 5.97 Å². The Labute approximate surface area is 96.4 Å². The predicted octanol–water partition coefficient (Wildman–Crippen LogP) is 1.61. The molecule has 0 bridgehead atoms. The van der Waals surface area contributed by atoms with Gasteiger partial charge in [-0.25, -0.2) is 4.79 Å². The van der Waals surface area contributed by atoms with E-state index in [4.69, 9.17) is 4.74 Å². The summed E-state index contributed by atoms with van der Waals surface area (Å²) in [4.78, 5) is 15.5. The zero-order chi connectivity index (χ0) is 12.3. The van der Waals surface area contributed by atoms with E-state index in [1.165, 1.54) is 7.11 Å². The van der Waals surface area contributed by atoms with Crippen LogP contribution in [0.15, 0.2) is 18.2 Å². The third-order valence-corrected chi connectivity index (χ3v) is 2.38. The zero-order valence-corrected chi connectivity index (χ0v) is 10.4. The van der Waals surface area contributed by atoms with Crippen molar-refractivity contribution in [1.82, 2.24) is 0 Å². The molecule has 0 saturated carbocycles. The van der Waals surface area contributed by atoms with Gasteiger partial charge in [0.15, 0.2) is 0 Å². The number of carbonyl (C=O) groups is 1. The van der Waals surface area contributed by atoms with Crippen molar-refractivity contribution in [3.8, 4) is 0 Å². The molecule has 16 heavy (non-hydrogen) atoms. The van der Waals surface area contributed by atoms with Crippen LogP contribution in [0.4, 0.5) is 11.4 Å². The summed E-state index contributed by atoms with van der Waals surface area (Å²) in [5.74, 6) is -0.313. The molecule has 4 nitrogen and oxygen atoms in total. The monoisotopic (exact) mass is 222 g/mol. The number of methoxy groups -OCH3 is 1. The number of ether oxygens (including phenoxy) is 1. The third-order valence-electron chi connectivity index (χ3n) is 2.38. The first-order valence-corrected chi connectivity index (χ1v) is 5.04.